The number of Topliss-reactive ketones (excluding diaryl/α,β-unsaturated/α-hetero) is 1. The van der Waals surface area contributed by atoms with Gasteiger partial charge in [0.25, 0.3) is 0 Å². The van der Waals surface area contributed by atoms with E-state index in [9.17, 15) is 9.18 Å². The van der Waals surface area contributed by atoms with Crippen molar-refractivity contribution in [3.8, 4) is 11.4 Å². The molecule has 2 aromatic carbocycles. The molecule has 3 aromatic rings. The first-order chi connectivity index (χ1) is 12.6. The summed E-state index contributed by atoms with van der Waals surface area (Å²) in [5, 5.41) is 4.97. The largest absolute Gasteiger partial charge is 0.293 e. The maximum absolute atomic E-state index is 13.0. The Morgan fingerprint density at radius 1 is 1.19 bits per heavy atom. The molecule has 3 rings (SSSR count). The molecule has 0 atom stereocenters. The molecule has 0 aliphatic rings. The van der Waals surface area contributed by atoms with Crippen LogP contribution in [0.5, 0.6) is 0 Å². The van der Waals surface area contributed by atoms with E-state index in [1.807, 2.05) is 24.3 Å². The number of benzene rings is 2. The molecule has 0 unspecified atom stereocenters. The van der Waals surface area contributed by atoms with Gasteiger partial charge >= 0.3 is 0 Å². The number of ketones is 1. The average Bonchev–Trinajstić information content (AvgIpc) is 3.04. The lowest BCUT2D eigenvalue weighted by Gasteiger charge is -2.02. The molecule has 0 fully saturated rings. The molecule has 0 N–H and O–H groups in total. The minimum absolute atomic E-state index is 0.0970. The van der Waals surface area contributed by atoms with Crippen LogP contribution in [-0.2, 0) is 6.54 Å². The molecule has 0 aliphatic heterocycles. The minimum atomic E-state index is -0.363. The Hall–Kier alpha value is -2.25. The van der Waals surface area contributed by atoms with E-state index >= 15 is 0 Å². The number of allylic oxidation sites excluding steroid dienone is 1. The summed E-state index contributed by atoms with van der Waals surface area (Å²) < 4.78 is 15.7. The van der Waals surface area contributed by atoms with Gasteiger partial charge in [0.2, 0.25) is 5.16 Å². The lowest BCUT2D eigenvalue weighted by atomic mass is 10.1. The molecule has 26 heavy (non-hydrogen) atoms. The fourth-order valence-corrected chi connectivity index (χ4v) is 3.29. The maximum atomic E-state index is 13.0. The van der Waals surface area contributed by atoms with Crippen LogP contribution in [0.4, 0.5) is 4.39 Å². The summed E-state index contributed by atoms with van der Waals surface area (Å²) in [4.78, 5) is 16.8. The second-order valence-corrected chi connectivity index (χ2v) is 7.27. The van der Waals surface area contributed by atoms with Gasteiger partial charge in [-0.2, -0.15) is 0 Å². The number of thioether (sulfide) groups is 1. The van der Waals surface area contributed by atoms with Crippen molar-refractivity contribution in [1.29, 1.82) is 0 Å². The van der Waals surface area contributed by atoms with Crippen molar-refractivity contribution in [3.63, 3.8) is 0 Å². The van der Waals surface area contributed by atoms with Crippen molar-refractivity contribution in [1.82, 2.24) is 14.8 Å². The van der Waals surface area contributed by atoms with Crippen molar-refractivity contribution in [3.05, 3.63) is 77.0 Å². The zero-order valence-electron chi connectivity index (χ0n) is 13.7. The quantitative estimate of drug-likeness (QED) is 0.299. The van der Waals surface area contributed by atoms with Crippen LogP contribution in [0.1, 0.15) is 10.4 Å². The number of nitrogens with zero attached hydrogens (tertiary/aromatic N) is 3. The molecule has 0 aliphatic carbocycles. The van der Waals surface area contributed by atoms with Crippen LogP contribution in [0.2, 0.25) is 0 Å². The molecule has 0 radical (unpaired) electrons. The summed E-state index contributed by atoms with van der Waals surface area (Å²) in [6.45, 7) is 4.27. The first-order valence-electron chi connectivity index (χ1n) is 7.80. The van der Waals surface area contributed by atoms with Gasteiger partial charge in [-0.25, -0.2) is 14.1 Å². The summed E-state index contributed by atoms with van der Waals surface area (Å²) >= 11 is 4.67. The van der Waals surface area contributed by atoms with Crippen LogP contribution in [-0.4, -0.2) is 26.3 Å². The predicted octanol–water partition coefficient (Wildman–Crippen LogP) is 5.01. The SMILES string of the molecule is C=CCn1nc(SCC(=O)c2ccc(F)cc2)nc1-c1ccc(Br)cc1. The smallest absolute Gasteiger partial charge is 0.209 e. The Balaban J connectivity index is 1.76. The monoisotopic (exact) mass is 431 g/mol. The van der Waals surface area contributed by atoms with Gasteiger partial charge in [-0.3, -0.25) is 4.79 Å². The number of hydrogen-bond donors (Lipinski definition) is 0. The van der Waals surface area contributed by atoms with Gasteiger partial charge in [0.05, 0.1) is 12.3 Å². The van der Waals surface area contributed by atoms with Crippen LogP contribution in [0.25, 0.3) is 11.4 Å². The lowest BCUT2D eigenvalue weighted by molar-refractivity contribution is 0.102. The van der Waals surface area contributed by atoms with E-state index in [1.165, 1.54) is 36.0 Å². The predicted molar refractivity (Wildman–Crippen MR) is 105 cm³/mol. The fourth-order valence-electron chi connectivity index (χ4n) is 2.29. The highest BCUT2D eigenvalue weighted by Crippen LogP contribution is 2.24. The van der Waals surface area contributed by atoms with E-state index in [4.69, 9.17) is 0 Å². The summed E-state index contributed by atoms with van der Waals surface area (Å²) in [7, 11) is 0. The molecule has 0 spiro atoms. The van der Waals surface area contributed by atoms with Crippen molar-refractivity contribution in [2.75, 3.05) is 5.75 Å². The van der Waals surface area contributed by atoms with Crippen molar-refractivity contribution in [2.45, 2.75) is 11.7 Å². The Kier molecular flexibility index (Phi) is 6.00. The van der Waals surface area contributed by atoms with E-state index in [1.54, 1.807) is 10.8 Å². The van der Waals surface area contributed by atoms with Gasteiger partial charge in [-0.1, -0.05) is 45.9 Å². The Morgan fingerprint density at radius 3 is 2.54 bits per heavy atom. The molecule has 7 heteroatoms. The van der Waals surface area contributed by atoms with Crippen molar-refractivity contribution in [2.24, 2.45) is 0 Å². The van der Waals surface area contributed by atoms with E-state index in [0.717, 1.165) is 10.0 Å². The zero-order valence-corrected chi connectivity index (χ0v) is 16.1. The van der Waals surface area contributed by atoms with Gasteiger partial charge in [-0.05, 0) is 36.4 Å². The average molecular weight is 432 g/mol. The Morgan fingerprint density at radius 2 is 1.88 bits per heavy atom. The topological polar surface area (TPSA) is 47.8 Å². The summed E-state index contributed by atoms with van der Waals surface area (Å²) in [5.41, 5.74) is 1.40. The normalized spacial score (nSPS) is 10.7. The van der Waals surface area contributed by atoms with E-state index < -0.39 is 0 Å². The molecule has 1 heterocycles. The minimum Gasteiger partial charge on any atom is -0.293 e. The van der Waals surface area contributed by atoms with Gasteiger partial charge in [-0.15, -0.1) is 11.7 Å². The number of carbonyl (C=O) groups excluding carboxylic acids is 1. The van der Waals surface area contributed by atoms with Crippen LogP contribution >= 0.6 is 27.7 Å². The third-order valence-corrected chi connectivity index (χ3v) is 4.92. The third-order valence-electron chi connectivity index (χ3n) is 3.56. The highest BCUT2D eigenvalue weighted by molar-refractivity contribution is 9.10. The first-order valence-corrected chi connectivity index (χ1v) is 9.58. The lowest BCUT2D eigenvalue weighted by Crippen LogP contribution is -2.03. The van der Waals surface area contributed by atoms with Crippen LogP contribution in [0.3, 0.4) is 0 Å². The van der Waals surface area contributed by atoms with Crippen LogP contribution in [0.15, 0.2) is 70.8 Å². The summed E-state index contributed by atoms with van der Waals surface area (Å²) in [6.07, 6.45) is 1.75. The highest BCUT2D eigenvalue weighted by Gasteiger charge is 2.14. The zero-order chi connectivity index (χ0) is 18.5. The third kappa shape index (κ3) is 4.47. The number of hydrogen-bond acceptors (Lipinski definition) is 4. The van der Waals surface area contributed by atoms with E-state index in [2.05, 4.69) is 32.6 Å². The van der Waals surface area contributed by atoms with Crippen LogP contribution < -0.4 is 0 Å². The molecule has 0 saturated heterocycles. The number of halogens is 2. The molecule has 0 saturated carbocycles. The van der Waals surface area contributed by atoms with E-state index in [0.29, 0.717) is 23.1 Å². The van der Waals surface area contributed by atoms with E-state index in [-0.39, 0.29) is 17.4 Å². The molecule has 0 amide bonds. The molecular formula is C19H15BrFN3OS. The summed E-state index contributed by atoms with van der Waals surface area (Å²) in [6, 6.07) is 13.3. The Bertz CT molecular complexity index is 923. The number of aromatic nitrogens is 3. The number of carbonyl (C=O) groups is 1. The second-order valence-electron chi connectivity index (χ2n) is 5.41. The number of rotatable bonds is 7. The first kappa shape index (κ1) is 18.5. The highest BCUT2D eigenvalue weighted by atomic mass is 79.9. The molecule has 0 bridgehead atoms. The Labute approximate surface area is 163 Å². The second kappa shape index (κ2) is 8.42. The molecule has 1 aromatic heterocycles. The summed E-state index contributed by atoms with van der Waals surface area (Å²) in [5.74, 6) is 0.441. The molecular weight excluding hydrogens is 417 g/mol. The maximum Gasteiger partial charge on any atom is 0.209 e. The van der Waals surface area contributed by atoms with Crippen molar-refractivity contribution < 1.29 is 9.18 Å². The van der Waals surface area contributed by atoms with Gasteiger partial charge in [0.15, 0.2) is 11.6 Å². The standard InChI is InChI=1S/C19H15BrFN3OS/c1-2-11-24-18(14-3-7-15(20)8-4-14)22-19(23-24)26-12-17(25)13-5-9-16(21)10-6-13/h2-10H,1,11-12H2. The van der Waals surface area contributed by atoms with Gasteiger partial charge < -0.3 is 0 Å². The fraction of sp³-hybridized carbons (Fsp3) is 0.105. The van der Waals surface area contributed by atoms with Crippen LogP contribution in [0, 0.1) is 5.82 Å². The van der Waals surface area contributed by atoms with Gasteiger partial charge in [0, 0.05) is 15.6 Å². The molecule has 4 nitrogen and oxygen atoms in total. The van der Waals surface area contributed by atoms with Gasteiger partial charge in [0.1, 0.15) is 5.82 Å². The molecule has 132 valence electrons. The van der Waals surface area contributed by atoms with Crippen molar-refractivity contribution >= 4 is 33.5 Å².